The molecule has 1 N–H and O–H groups in total. The summed E-state index contributed by atoms with van der Waals surface area (Å²) >= 11 is 0. The van der Waals surface area contributed by atoms with Crippen molar-refractivity contribution in [2.24, 2.45) is 0 Å². The molecule has 7 nitrogen and oxygen atoms in total. The van der Waals surface area contributed by atoms with Crippen molar-refractivity contribution in [1.82, 2.24) is 14.8 Å². The molecular weight excluding hydrogens is 430 g/mol. The predicted molar refractivity (Wildman–Crippen MR) is 129 cm³/mol. The van der Waals surface area contributed by atoms with Crippen molar-refractivity contribution < 1.29 is 19.4 Å². The zero-order valence-electron chi connectivity index (χ0n) is 19.5. The maximum atomic E-state index is 11.7. The minimum Gasteiger partial charge on any atom is -0.493 e. The summed E-state index contributed by atoms with van der Waals surface area (Å²) in [5.74, 6) is 2.52. The fourth-order valence-corrected chi connectivity index (χ4v) is 3.73. The minimum atomic E-state index is -0.499. The van der Waals surface area contributed by atoms with Gasteiger partial charge in [0.25, 0.3) is 0 Å². The van der Waals surface area contributed by atoms with Crippen molar-refractivity contribution in [3.05, 3.63) is 101 Å². The maximum Gasteiger partial charge on any atom is 0.188 e. The zero-order chi connectivity index (χ0) is 24.1. The number of carbonyl (C=O) groups excluding carboxylic acids is 1. The van der Waals surface area contributed by atoms with Gasteiger partial charge in [-0.3, -0.25) is 4.79 Å². The molecule has 0 aliphatic carbocycles. The molecular formula is C27H27N3O4. The smallest absolute Gasteiger partial charge is 0.188 e. The van der Waals surface area contributed by atoms with Crippen LogP contribution in [0.4, 0.5) is 0 Å². The maximum absolute atomic E-state index is 11.7. The molecule has 0 spiro atoms. The SMILES string of the molecule is COc1ccc(Cc2nc(Cc3ccc(C(=O)CO)cc3)n(-c3ccc(C)cc3)n2)cc1OC. The summed E-state index contributed by atoms with van der Waals surface area (Å²) in [4.78, 5) is 16.6. The lowest BCUT2D eigenvalue weighted by Gasteiger charge is -2.08. The fourth-order valence-electron chi connectivity index (χ4n) is 3.73. The van der Waals surface area contributed by atoms with Gasteiger partial charge < -0.3 is 14.6 Å². The quantitative estimate of drug-likeness (QED) is 0.383. The van der Waals surface area contributed by atoms with E-state index in [9.17, 15) is 4.79 Å². The molecule has 1 aromatic heterocycles. The van der Waals surface area contributed by atoms with Crippen LogP contribution in [0.25, 0.3) is 5.69 Å². The number of ketones is 1. The van der Waals surface area contributed by atoms with Gasteiger partial charge in [-0.1, -0.05) is 48.0 Å². The molecule has 0 aliphatic heterocycles. The lowest BCUT2D eigenvalue weighted by atomic mass is 10.1. The van der Waals surface area contributed by atoms with Crippen molar-refractivity contribution in [3.8, 4) is 17.2 Å². The van der Waals surface area contributed by atoms with Crippen LogP contribution < -0.4 is 9.47 Å². The molecule has 4 rings (SSSR count). The zero-order valence-corrected chi connectivity index (χ0v) is 19.5. The third kappa shape index (κ3) is 5.15. The number of benzene rings is 3. The first-order valence-corrected chi connectivity index (χ1v) is 11.0. The average Bonchev–Trinajstić information content (AvgIpc) is 3.26. The summed E-state index contributed by atoms with van der Waals surface area (Å²) in [6.45, 7) is 1.55. The molecule has 0 amide bonds. The number of aliphatic hydroxyl groups is 1. The molecule has 3 aromatic carbocycles. The van der Waals surface area contributed by atoms with Gasteiger partial charge in [-0.2, -0.15) is 5.10 Å². The van der Waals surface area contributed by atoms with Gasteiger partial charge in [0.05, 0.1) is 19.9 Å². The normalized spacial score (nSPS) is 10.8. The van der Waals surface area contributed by atoms with E-state index in [2.05, 4.69) is 0 Å². The Morgan fingerprint density at radius 1 is 0.882 bits per heavy atom. The highest BCUT2D eigenvalue weighted by Crippen LogP contribution is 2.28. The summed E-state index contributed by atoms with van der Waals surface area (Å²) in [6, 6.07) is 21.1. The van der Waals surface area contributed by atoms with Gasteiger partial charge in [-0.05, 0) is 42.3 Å². The summed E-state index contributed by atoms with van der Waals surface area (Å²) in [6.07, 6.45) is 1.08. The molecule has 0 fully saturated rings. The molecule has 0 aliphatic rings. The van der Waals surface area contributed by atoms with E-state index in [-0.39, 0.29) is 5.78 Å². The van der Waals surface area contributed by atoms with E-state index in [0.29, 0.717) is 35.7 Å². The van der Waals surface area contributed by atoms with Gasteiger partial charge in [0.15, 0.2) is 23.1 Å². The number of aryl methyl sites for hydroxylation is 1. The molecule has 0 bridgehead atoms. The molecule has 1 heterocycles. The van der Waals surface area contributed by atoms with Crippen molar-refractivity contribution in [2.45, 2.75) is 19.8 Å². The third-order valence-electron chi connectivity index (χ3n) is 5.59. The van der Waals surface area contributed by atoms with Crippen LogP contribution in [0.1, 0.15) is 38.7 Å². The Morgan fingerprint density at radius 3 is 2.21 bits per heavy atom. The van der Waals surface area contributed by atoms with Crippen molar-refractivity contribution in [3.63, 3.8) is 0 Å². The second kappa shape index (κ2) is 10.3. The van der Waals surface area contributed by atoms with E-state index in [4.69, 9.17) is 24.7 Å². The van der Waals surface area contributed by atoms with E-state index in [1.165, 1.54) is 5.56 Å². The number of aromatic nitrogens is 3. The monoisotopic (exact) mass is 457 g/mol. The Labute approximate surface area is 198 Å². The molecule has 4 aromatic rings. The van der Waals surface area contributed by atoms with Gasteiger partial charge in [0, 0.05) is 18.4 Å². The van der Waals surface area contributed by atoms with Crippen LogP contribution in [-0.2, 0) is 12.8 Å². The first kappa shape index (κ1) is 23.2. The van der Waals surface area contributed by atoms with Crippen LogP contribution in [0, 0.1) is 6.92 Å². The van der Waals surface area contributed by atoms with Crippen LogP contribution >= 0.6 is 0 Å². The number of ether oxygens (including phenoxy) is 2. The summed E-state index contributed by atoms with van der Waals surface area (Å²) in [7, 11) is 3.23. The predicted octanol–water partition coefficient (Wildman–Crippen LogP) is 3.95. The Hall–Kier alpha value is -3.97. The van der Waals surface area contributed by atoms with E-state index in [1.54, 1.807) is 26.4 Å². The third-order valence-corrected chi connectivity index (χ3v) is 5.59. The number of hydrogen-bond acceptors (Lipinski definition) is 6. The van der Waals surface area contributed by atoms with E-state index in [0.717, 1.165) is 22.6 Å². The lowest BCUT2D eigenvalue weighted by molar-refractivity contribution is 0.0903. The topological polar surface area (TPSA) is 86.5 Å². The van der Waals surface area contributed by atoms with E-state index < -0.39 is 6.61 Å². The molecule has 0 unspecified atom stereocenters. The fraction of sp³-hybridized carbons (Fsp3) is 0.222. The highest BCUT2D eigenvalue weighted by molar-refractivity contribution is 5.96. The van der Waals surface area contributed by atoms with Gasteiger partial charge in [-0.25, -0.2) is 9.67 Å². The number of methoxy groups -OCH3 is 2. The molecule has 0 radical (unpaired) electrons. The molecule has 174 valence electrons. The number of hydrogen-bond donors (Lipinski definition) is 1. The van der Waals surface area contributed by atoms with Crippen molar-refractivity contribution >= 4 is 5.78 Å². The van der Waals surface area contributed by atoms with Gasteiger partial charge in [0.2, 0.25) is 0 Å². The molecule has 7 heteroatoms. The van der Waals surface area contributed by atoms with E-state index in [1.807, 2.05) is 66.2 Å². The summed E-state index contributed by atoms with van der Waals surface area (Å²) in [5.41, 5.74) is 4.59. The van der Waals surface area contributed by atoms with Crippen molar-refractivity contribution in [2.75, 3.05) is 20.8 Å². The minimum absolute atomic E-state index is 0.299. The number of nitrogens with zero attached hydrogens (tertiary/aromatic N) is 3. The standard InChI is InChI=1S/C27H27N3O4/c1-18-4-11-22(12-5-18)30-27(16-19-6-9-21(10-7-19)23(32)17-31)28-26(29-30)15-20-8-13-24(33-2)25(14-20)34-3/h4-14,31H,15-17H2,1-3H3. The first-order valence-electron chi connectivity index (χ1n) is 11.0. The number of rotatable bonds is 9. The second-order valence-electron chi connectivity index (χ2n) is 8.01. The molecule has 0 saturated carbocycles. The summed E-state index contributed by atoms with van der Waals surface area (Å²) < 4.78 is 12.6. The first-order chi connectivity index (χ1) is 16.5. The van der Waals surface area contributed by atoms with Crippen LogP contribution in [0.2, 0.25) is 0 Å². The number of aliphatic hydroxyl groups excluding tert-OH is 1. The summed E-state index contributed by atoms with van der Waals surface area (Å²) in [5, 5.41) is 13.9. The van der Waals surface area contributed by atoms with Crippen LogP contribution in [0.15, 0.2) is 66.7 Å². The lowest BCUT2D eigenvalue weighted by Crippen LogP contribution is -2.06. The Balaban J connectivity index is 1.66. The Kier molecular flexibility index (Phi) is 7.04. The number of Topliss-reactive ketones (excluding diaryl/α,β-unsaturated/α-hetero) is 1. The average molecular weight is 458 g/mol. The highest BCUT2D eigenvalue weighted by Gasteiger charge is 2.15. The van der Waals surface area contributed by atoms with Gasteiger partial charge in [-0.15, -0.1) is 0 Å². The van der Waals surface area contributed by atoms with Crippen LogP contribution in [0.3, 0.4) is 0 Å². The Bertz CT molecular complexity index is 1280. The molecule has 34 heavy (non-hydrogen) atoms. The van der Waals surface area contributed by atoms with E-state index >= 15 is 0 Å². The highest BCUT2D eigenvalue weighted by atomic mass is 16.5. The van der Waals surface area contributed by atoms with Crippen LogP contribution in [-0.4, -0.2) is 46.5 Å². The van der Waals surface area contributed by atoms with Crippen molar-refractivity contribution in [1.29, 1.82) is 0 Å². The van der Waals surface area contributed by atoms with Gasteiger partial charge >= 0.3 is 0 Å². The molecule has 0 atom stereocenters. The van der Waals surface area contributed by atoms with Crippen LogP contribution in [0.5, 0.6) is 11.5 Å². The second-order valence-corrected chi connectivity index (χ2v) is 8.01. The molecule has 0 saturated heterocycles. The number of carbonyl (C=O) groups is 1. The van der Waals surface area contributed by atoms with Gasteiger partial charge in [0.1, 0.15) is 12.4 Å². The largest absolute Gasteiger partial charge is 0.493 e. The Morgan fingerprint density at radius 2 is 1.56 bits per heavy atom.